The van der Waals surface area contributed by atoms with Crippen molar-refractivity contribution in [1.29, 1.82) is 0 Å². The van der Waals surface area contributed by atoms with Gasteiger partial charge in [0.05, 0.1) is 31.1 Å². The Morgan fingerprint density at radius 3 is 2.81 bits per heavy atom. The summed E-state index contributed by atoms with van der Waals surface area (Å²) in [6, 6.07) is 14.0. The number of hydrogen-bond donors (Lipinski definition) is 1. The van der Waals surface area contributed by atoms with Crippen LogP contribution in [0.1, 0.15) is 40.5 Å². The van der Waals surface area contributed by atoms with Crippen molar-refractivity contribution in [2.45, 2.75) is 38.1 Å². The Balaban J connectivity index is 1.30. The number of fused-ring (bicyclic) bond motifs is 1. The Bertz CT molecular complexity index is 1710. The predicted octanol–water partition coefficient (Wildman–Crippen LogP) is 3.61. The van der Waals surface area contributed by atoms with Crippen LogP contribution in [-0.4, -0.2) is 67.8 Å². The van der Waals surface area contributed by atoms with Crippen molar-refractivity contribution >= 4 is 33.3 Å². The monoisotopic (exact) mass is 594 g/mol. The average molecular weight is 595 g/mol. The highest BCUT2D eigenvalue weighted by Crippen LogP contribution is 2.42. The zero-order valence-electron chi connectivity index (χ0n) is 23.2. The number of aromatic nitrogens is 3. The van der Waals surface area contributed by atoms with E-state index < -0.39 is 22.3 Å². The molecule has 3 aromatic heterocycles. The Kier molecular flexibility index (Phi) is 7.45. The lowest BCUT2D eigenvalue weighted by Crippen LogP contribution is -2.42. The molecule has 5 heterocycles. The van der Waals surface area contributed by atoms with Crippen LogP contribution in [-0.2, 0) is 14.9 Å². The third kappa shape index (κ3) is 5.49. The number of amides is 1. The maximum atomic E-state index is 15.0. The first-order chi connectivity index (χ1) is 20.2. The van der Waals surface area contributed by atoms with Gasteiger partial charge in [-0.15, -0.1) is 0 Å². The Hall–Kier alpha value is -4.23. The fraction of sp³-hybridized carbons (Fsp3) is 0.345. The van der Waals surface area contributed by atoms with Crippen molar-refractivity contribution in [2.24, 2.45) is 0 Å². The van der Waals surface area contributed by atoms with Gasteiger partial charge in [0.2, 0.25) is 0 Å². The number of benzene rings is 1. The molecule has 2 aliphatic rings. The number of halogens is 1. The van der Waals surface area contributed by atoms with Crippen molar-refractivity contribution < 1.29 is 27.1 Å². The molecule has 13 heteroatoms. The largest absolute Gasteiger partial charge is 0.488 e. The van der Waals surface area contributed by atoms with Crippen molar-refractivity contribution in [2.75, 3.05) is 36.0 Å². The van der Waals surface area contributed by atoms with Gasteiger partial charge in [0.25, 0.3) is 5.91 Å². The molecule has 2 aliphatic heterocycles. The van der Waals surface area contributed by atoms with E-state index in [4.69, 9.17) is 9.47 Å². The minimum absolute atomic E-state index is 0.0122. The number of pyridine rings is 2. The number of rotatable bonds is 8. The van der Waals surface area contributed by atoms with Gasteiger partial charge in [-0.1, -0.05) is 23.8 Å². The first-order valence-electron chi connectivity index (χ1n) is 13.6. The highest BCUT2D eigenvalue weighted by atomic mass is 32.2. The summed E-state index contributed by atoms with van der Waals surface area (Å²) < 4.78 is 57.1. The van der Waals surface area contributed by atoms with E-state index in [0.29, 0.717) is 30.3 Å². The number of alkyl halides is 1. The summed E-state index contributed by atoms with van der Waals surface area (Å²) in [4.78, 5) is 23.4. The quantitative estimate of drug-likeness (QED) is 0.329. The average Bonchev–Trinajstić information content (AvgIpc) is 3.73. The smallest absolute Gasteiger partial charge is 0.327 e. The molecule has 2 saturated heterocycles. The normalized spacial score (nSPS) is 20.6. The van der Waals surface area contributed by atoms with E-state index >= 15 is 4.39 Å². The third-order valence-corrected chi connectivity index (χ3v) is 8.92. The van der Waals surface area contributed by atoms with Crippen LogP contribution in [0.15, 0.2) is 67.1 Å². The molecule has 0 unspecified atom stereocenters. The van der Waals surface area contributed by atoms with Crippen LogP contribution in [0.5, 0.6) is 5.75 Å². The SMILES string of the molecule is Cc1ccc(O[C@@H]2CCOC2)c([C@H]2C[C@H](F)CN2c2ccc3ncc(C(=O)NS(=O)(=O)N(C)c4ccccn4)n3c2)c1. The molecule has 0 bridgehead atoms. The third-order valence-electron chi connectivity index (χ3n) is 7.56. The van der Waals surface area contributed by atoms with Gasteiger partial charge in [-0.05, 0) is 37.3 Å². The lowest BCUT2D eigenvalue weighted by atomic mass is 10.00. The number of carbonyl (C=O) groups excluding carboxylic acids is 1. The zero-order chi connectivity index (χ0) is 29.4. The molecular formula is C29H31FN6O5S. The molecule has 2 fully saturated rings. The number of carbonyl (C=O) groups is 1. The molecule has 1 aromatic carbocycles. The molecule has 0 aliphatic carbocycles. The van der Waals surface area contributed by atoms with Crippen LogP contribution in [0, 0.1) is 6.92 Å². The van der Waals surface area contributed by atoms with Crippen LogP contribution < -0.4 is 18.7 Å². The molecule has 3 atom stereocenters. The predicted molar refractivity (Wildman–Crippen MR) is 155 cm³/mol. The molecule has 220 valence electrons. The molecule has 42 heavy (non-hydrogen) atoms. The second kappa shape index (κ2) is 11.2. The standard InChI is InChI=1S/C29H31FN6O5S/c1-19-6-8-26(41-22-10-12-40-18-22)23(13-19)24-14-20(30)16-35(24)21-7-9-28-32-15-25(36(28)17-21)29(37)33-42(38,39)34(2)27-5-3-4-11-31-27/h3-9,11,13,15,17,20,22,24H,10,12,14,16,18H2,1-2H3,(H,33,37)/t20-,22+,24+/m0/s1. The summed E-state index contributed by atoms with van der Waals surface area (Å²) in [5.74, 6) is -0.0119. The van der Waals surface area contributed by atoms with E-state index in [0.717, 1.165) is 21.9 Å². The van der Waals surface area contributed by atoms with Gasteiger partial charge in [0, 0.05) is 44.4 Å². The van der Waals surface area contributed by atoms with E-state index in [1.54, 1.807) is 24.4 Å². The Labute approximate surface area is 243 Å². The summed E-state index contributed by atoms with van der Waals surface area (Å²) in [5, 5.41) is 0. The molecule has 1 N–H and O–H groups in total. The molecule has 6 rings (SSSR count). The van der Waals surface area contributed by atoms with Crippen LogP contribution >= 0.6 is 0 Å². The van der Waals surface area contributed by atoms with Gasteiger partial charge < -0.3 is 14.4 Å². The molecule has 11 nitrogen and oxygen atoms in total. The Morgan fingerprint density at radius 2 is 2.05 bits per heavy atom. The van der Waals surface area contributed by atoms with Gasteiger partial charge in [0.1, 0.15) is 35.2 Å². The second-order valence-electron chi connectivity index (χ2n) is 10.5. The summed E-state index contributed by atoms with van der Waals surface area (Å²) in [5.41, 5.74) is 3.02. The van der Waals surface area contributed by atoms with Crippen LogP contribution in [0.25, 0.3) is 5.65 Å². The number of ether oxygens (including phenoxy) is 2. The van der Waals surface area contributed by atoms with E-state index in [-0.39, 0.29) is 36.6 Å². The van der Waals surface area contributed by atoms with Gasteiger partial charge in [-0.25, -0.2) is 23.4 Å². The fourth-order valence-corrected chi connectivity index (χ4v) is 6.22. The van der Waals surface area contributed by atoms with Crippen molar-refractivity contribution in [3.05, 3.63) is 83.9 Å². The maximum absolute atomic E-state index is 15.0. The maximum Gasteiger partial charge on any atom is 0.327 e. The number of nitrogens with one attached hydrogen (secondary N) is 1. The first kappa shape index (κ1) is 27.9. The van der Waals surface area contributed by atoms with E-state index in [1.807, 2.05) is 36.1 Å². The summed E-state index contributed by atoms with van der Waals surface area (Å²) in [7, 11) is -2.96. The molecule has 0 saturated carbocycles. The van der Waals surface area contributed by atoms with Gasteiger partial charge in [-0.3, -0.25) is 9.20 Å². The lowest BCUT2D eigenvalue weighted by molar-refractivity contribution is 0.0975. The minimum Gasteiger partial charge on any atom is -0.488 e. The number of hydrogen-bond acceptors (Lipinski definition) is 8. The van der Waals surface area contributed by atoms with Crippen LogP contribution in [0.2, 0.25) is 0 Å². The zero-order valence-corrected chi connectivity index (χ0v) is 24.0. The van der Waals surface area contributed by atoms with Gasteiger partial charge in [0.15, 0.2) is 0 Å². The topological polar surface area (TPSA) is 118 Å². The van der Waals surface area contributed by atoms with Crippen molar-refractivity contribution in [1.82, 2.24) is 19.1 Å². The minimum atomic E-state index is -4.26. The van der Waals surface area contributed by atoms with Crippen LogP contribution in [0.4, 0.5) is 15.9 Å². The van der Waals surface area contributed by atoms with E-state index in [1.165, 1.54) is 29.9 Å². The highest BCUT2D eigenvalue weighted by Gasteiger charge is 2.36. The molecular weight excluding hydrogens is 563 g/mol. The van der Waals surface area contributed by atoms with Gasteiger partial charge in [-0.2, -0.15) is 8.42 Å². The molecule has 1 amide bonds. The van der Waals surface area contributed by atoms with Crippen molar-refractivity contribution in [3.8, 4) is 5.75 Å². The fourth-order valence-electron chi connectivity index (χ4n) is 5.39. The highest BCUT2D eigenvalue weighted by molar-refractivity contribution is 7.91. The first-order valence-corrected chi connectivity index (χ1v) is 15.1. The van der Waals surface area contributed by atoms with Gasteiger partial charge >= 0.3 is 10.2 Å². The number of anilines is 2. The number of nitrogens with zero attached hydrogens (tertiary/aromatic N) is 5. The Morgan fingerprint density at radius 1 is 1.19 bits per heavy atom. The van der Waals surface area contributed by atoms with Crippen LogP contribution in [0.3, 0.4) is 0 Å². The lowest BCUT2D eigenvalue weighted by Gasteiger charge is -2.29. The summed E-state index contributed by atoms with van der Waals surface area (Å²) in [6.07, 6.45) is 4.37. The number of aryl methyl sites for hydroxylation is 1. The molecule has 0 radical (unpaired) electrons. The number of imidazole rings is 1. The van der Waals surface area contributed by atoms with Crippen molar-refractivity contribution in [3.63, 3.8) is 0 Å². The molecule has 0 spiro atoms. The van der Waals surface area contributed by atoms with E-state index in [9.17, 15) is 13.2 Å². The van der Waals surface area contributed by atoms with E-state index in [2.05, 4.69) is 14.7 Å². The second-order valence-corrected chi connectivity index (χ2v) is 12.2. The summed E-state index contributed by atoms with van der Waals surface area (Å²) in [6.45, 7) is 3.30. The molecule has 4 aromatic rings. The summed E-state index contributed by atoms with van der Waals surface area (Å²) >= 11 is 0.